The molecule has 21 heavy (non-hydrogen) atoms. The van der Waals surface area contributed by atoms with E-state index in [4.69, 9.17) is 16.7 Å². The highest BCUT2D eigenvalue weighted by molar-refractivity contribution is 6.30. The molecule has 0 atom stereocenters. The van der Waals surface area contributed by atoms with Gasteiger partial charge in [0.2, 0.25) is 0 Å². The Morgan fingerprint density at radius 3 is 2.67 bits per heavy atom. The molecule has 0 saturated heterocycles. The van der Waals surface area contributed by atoms with E-state index < -0.39 is 17.4 Å². The van der Waals surface area contributed by atoms with E-state index in [1.165, 1.54) is 6.07 Å². The summed E-state index contributed by atoms with van der Waals surface area (Å²) in [6, 6.07) is 4.50. The Morgan fingerprint density at radius 2 is 2.10 bits per heavy atom. The van der Waals surface area contributed by atoms with E-state index in [0.29, 0.717) is 38.8 Å². The van der Waals surface area contributed by atoms with E-state index in [-0.39, 0.29) is 10.9 Å². The second kappa shape index (κ2) is 6.73. The molecule has 2 rings (SSSR count). The van der Waals surface area contributed by atoms with Crippen molar-refractivity contribution < 1.29 is 19.4 Å². The molecule has 0 heterocycles. The highest BCUT2D eigenvalue weighted by atomic mass is 35.5. The molecule has 0 bridgehead atoms. The maximum atomic E-state index is 13.0. The first-order chi connectivity index (χ1) is 9.89. The third kappa shape index (κ3) is 4.40. The van der Waals surface area contributed by atoms with Gasteiger partial charge in [-0.2, -0.15) is 0 Å². The van der Waals surface area contributed by atoms with Crippen LogP contribution in [0.15, 0.2) is 18.2 Å². The number of hydrogen-bond acceptors (Lipinski definition) is 3. The van der Waals surface area contributed by atoms with Gasteiger partial charge in [-0.05, 0) is 43.4 Å². The van der Waals surface area contributed by atoms with Gasteiger partial charge in [-0.3, -0.25) is 4.79 Å². The van der Waals surface area contributed by atoms with Crippen molar-refractivity contribution in [3.63, 3.8) is 0 Å². The lowest BCUT2D eigenvalue weighted by atomic mass is 9.79. The fourth-order valence-corrected chi connectivity index (χ4v) is 2.87. The molecule has 4 nitrogen and oxygen atoms in total. The summed E-state index contributed by atoms with van der Waals surface area (Å²) in [4.78, 5) is 10.9. The minimum Gasteiger partial charge on any atom is -0.481 e. The molecule has 1 aliphatic carbocycles. The normalized spacial score (nSPS) is 25.8. The van der Waals surface area contributed by atoms with Gasteiger partial charge in [-0.15, -0.1) is 0 Å². The fraction of sp³-hybridized carbons (Fsp3) is 0.533. The van der Waals surface area contributed by atoms with E-state index >= 15 is 0 Å². The predicted molar refractivity (Wildman–Crippen MR) is 77.7 cm³/mol. The van der Waals surface area contributed by atoms with Crippen LogP contribution in [0.5, 0.6) is 0 Å². The molecule has 1 aromatic carbocycles. The lowest BCUT2D eigenvalue weighted by Gasteiger charge is -2.34. The number of nitrogens with one attached hydrogen (secondary N) is 1. The Morgan fingerprint density at radius 1 is 1.43 bits per heavy atom. The van der Waals surface area contributed by atoms with Gasteiger partial charge in [0.15, 0.2) is 0 Å². The van der Waals surface area contributed by atoms with Gasteiger partial charge in [0.25, 0.3) is 0 Å². The van der Waals surface area contributed by atoms with Crippen LogP contribution in [-0.2, 0) is 11.3 Å². The minimum atomic E-state index is -0.865. The maximum absolute atomic E-state index is 13.0. The summed E-state index contributed by atoms with van der Waals surface area (Å²) in [7, 11) is 0. The molecule has 116 valence electrons. The minimum absolute atomic E-state index is 0.0787. The zero-order valence-electron chi connectivity index (χ0n) is 11.6. The molecule has 0 aliphatic heterocycles. The molecule has 0 radical (unpaired) electrons. The third-order valence-corrected chi connectivity index (χ3v) is 4.32. The molecule has 0 amide bonds. The Bertz CT molecular complexity index is 516. The molecule has 0 unspecified atom stereocenters. The average molecular weight is 316 g/mol. The van der Waals surface area contributed by atoms with Gasteiger partial charge in [-0.1, -0.05) is 17.7 Å². The first-order valence-electron chi connectivity index (χ1n) is 6.99. The number of halogens is 2. The van der Waals surface area contributed by atoms with E-state index in [1.807, 2.05) is 0 Å². The van der Waals surface area contributed by atoms with Crippen LogP contribution in [0.1, 0.15) is 31.2 Å². The number of benzene rings is 1. The van der Waals surface area contributed by atoms with Crippen LogP contribution in [0.2, 0.25) is 5.02 Å². The summed E-state index contributed by atoms with van der Waals surface area (Å²) < 4.78 is 13.0. The number of carboxylic acids is 1. The first-order valence-corrected chi connectivity index (χ1v) is 7.37. The molecule has 1 fully saturated rings. The van der Waals surface area contributed by atoms with E-state index in [1.54, 1.807) is 12.1 Å². The molecular weight excluding hydrogens is 297 g/mol. The first kappa shape index (κ1) is 16.2. The van der Waals surface area contributed by atoms with Crippen molar-refractivity contribution in [2.24, 2.45) is 5.92 Å². The molecular formula is C15H19ClFNO3. The highest BCUT2D eigenvalue weighted by Gasteiger charge is 2.35. The van der Waals surface area contributed by atoms with Crippen LogP contribution in [0.3, 0.4) is 0 Å². The summed E-state index contributed by atoms with van der Waals surface area (Å²) in [5.74, 6) is -1.59. The molecule has 1 saturated carbocycles. The highest BCUT2D eigenvalue weighted by Crippen LogP contribution is 2.31. The number of aliphatic hydroxyl groups is 1. The van der Waals surface area contributed by atoms with Gasteiger partial charge in [0.1, 0.15) is 5.82 Å². The topological polar surface area (TPSA) is 69.6 Å². The second-order valence-electron chi connectivity index (χ2n) is 5.69. The zero-order chi connectivity index (χ0) is 15.5. The smallest absolute Gasteiger partial charge is 0.306 e. The number of aliphatic carboxylic acids is 1. The lowest BCUT2D eigenvalue weighted by Crippen LogP contribution is -2.44. The Hall–Kier alpha value is -1.17. The molecule has 1 aromatic rings. The summed E-state index contributed by atoms with van der Waals surface area (Å²) in [6.45, 7) is 0.860. The number of carbonyl (C=O) groups is 1. The summed E-state index contributed by atoms with van der Waals surface area (Å²) in [5.41, 5.74) is -0.0281. The van der Waals surface area contributed by atoms with E-state index in [0.717, 1.165) is 5.56 Å². The Kier molecular flexibility index (Phi) is 5.19. The molecule has 0 spiro atoms. The summed E-state index contributed by atoms with van der Waals surface area (Å²) in [5, 5.41) is 22.6. The quantitative estimate of drug-likeness (QED) is 0.781. The SMILES string of the molecule is O=C(O)C1CCC(O)(CNCc2ccc(F)c(Cl)c2)CC1. The molecule has 0 aromatic heterocycles. The van der Waals surface area contributed by atoms with Gasteiger partial charge < -0.3 is 15.5 Å². The molecule has 6 heteroatoms. The van der Waals surface area contributed by atoms with Crippen LogP contribution in [0.4, 0.5) is 4.39 Å². The van der Waals surface area contributed by atoms with Crippen molar-refractivity contribution in [2.75, 3.05) is 6.54 Å². The van der Waals surface area contributed by atoms with Crippen molar-refractivity contribution in [1.82, 2.24) is 5.32 Å². The Balaban J connectivity index is 1.80. The van der Waals surface area contributed by atoms with Crippen molar-refractivity contribution in [1.29, 1.82) is 0 Å². The molecule has 3 N–H and O–H groups in total. The second-order valence-corrected chi connectivity index (χ2v) is 6.10. The molecule has 1 aliphatic rings. The van der Waals surface area contributed by atoms with Crippen molar-refractivity contribution in [3.8, 4) is 0 Å². The van der Waals surface area contributed by atoms with Crippen LogP contribution in [0, 0.1) is 11.7 Å². The number of carboxylic acid groups (broad SMARTS) is 1. The number of rotatable bonds is 5. The maximum Gasteiger partial charge on any atom is 0.306 e. The average Bonchev–Trinajstić information content (AvgIpc) is 2.43. The van der Waals surface area contributed by atoms with Gasteiger partial charge in [-0.25, -0.2) is 4.39 Å². The monoisotopic (exact) mass is 315 g/mol. The van der Waals surface area contributed by atoms with Gasteiger partial charge in [0, 0.05) is 13.1 Å². The van der Waals surface area contributed by atoms with Crippen LogP contribution in [0.25, 0.3) is 0 Å². The van der Waals surface area contributed by atoms with Crippen molar-refractivity contribution in [3.05, 3.63) is 34.6 Å². The standard InChI is InChI=1S/C15H19ClFNO3/c16-12-7-10(1-2-13(12)17)8-18-9-15(21)5-3-11(4-6-15)14(19)20/h1-2,7,11,18,21H,3-6,8-9H2,(H,19,20). The van der Waals surface area contributed by atoms with Crippen molar-refractivity contribution in [2.45, 2.75) is 37.8 Å². The predicted octanol–water partition coefficient (Wildman–Crippen LogP) is 2.57. The number of hydrogen-bond donors (Lipinski definition) is 3. The van der Waals surface area contributed by atoms with Gasteiger partial charge >= 0.3 is 5.97 Å². The fourth-order valence-electron chi connectivity index (χ4n) is 2.67. The lowest BCUT2D eigenvalue weighted by molar-refractivity contribution is -0.144. The van der Waals surface area contributed by atoms with Crippen LogP contribution in [-0.4, -0.2) is 28.3 Å². The zero-order valence-corrected chi connectivity index (χ0v) is 12.4. The summed E-state index contributed by atoms with van der Waals surface area (Å²) >= 11 is 5.71. The third-order valence-electron chi connectivity index (χ3n) is 4.03. The van der Waals surface area contributed by atoms with Crippen molar-refractivity contribution >= 4 is 17.6 Å². The Labute approximate surface area is 127 Å². The van der Waals surface area contributed by atoms with E-state index in [2.05, 4.69) is 5.32 Å². The summed E-state index contributed by atoms with van der Waals surface area (Å²) in [6.07, 6.45) is 1.94. The van der Waals surface area contributed by atoms with Crippen LogP contribution >= 0.6 is 11.6 Å². The van der Waals surface area contributed by atoms with Gasteiger partial charge in [0.05, 0.1) is 16.5 Å². The van der Waals surface area contributed by atoms with Crippen LogP contribution < -0.4 is 5.32 Å². The largest absolute Gasteiger partial charge is 0.481 e. The van der Waals surface area contributed by atoms with E-state index in [9.17, 15) is 14.3 Å².